The monoisotopic (exact) mass is 369 g/mol. The van der Waals surface area contributed by atoms with Crippen LogP contribution in [0.25, 0.3) is 11.2 Å². The molecule has 0 aliphatic heterocycles. The molecule has 0 aliphatic carbocycles. The van der Waals surface area contributed by atoms with E-state index in [-0.39, 0.29) is 12.1 Å². The second-order valence-corrected chi connectivity index (χ2v) is 7.11. The first-order valence-electron chi connectivity index (χ1n) is 9.12. The molecule has 2 aromatic heterocycles. The van der Waals surface area contributed by atoms with Crippen LogP contribution in [0, 0.1) is 6.92 Å². The summed E-state index contributed by atoms with van der Waals surface area (Å²) in [6.07, 6.45) is 1.77. The molecular formula is C19H27N7O. The van der Waals surface area contributed by atoms with E-state index in [0.717, 1.165) is 16.8 Å². The number of phenolic OH excluding ortho intramolecular Hbond substituents is 1. The fourth-order valence-electron chi connectivity index (χ4n) is 2.79. The number of nitrogens with one attached hydrogen (secondary N) is 2. The van der Waals surface area contributed by atoms with E-state index in [1.807, 2.05) is 36.6 Å². The summed E-state index contributed by atoms with van der Waals surface area (Å²) >= 11 is 0. The molecule has 144 valence electrons. The second kappa shape index (κ2) is 7.79. The molecule has 1 atom stereocenters. The first-order valence-corrected chi connectivity index (χ1v) is 9.12. The van der Waals surface area contributed by atoms with Crippen molar-refractivity contribution >= 4 is 22.9 Å². The van der Waals surface area contributed by atoms with E-state index < -0.39 is 0 Å². The Hall–Kier alpha value is -2.87. The van der Waals surface area contributed by atoms with E-state index >= 15 is 0 Å². The number of aromatic hydroxyl groups is 1. The zero-order valence-corrected chi connectivity index (χ0v) is 16.2. The van der Waals surface area contributed by atoms with Gasteiger partial charge in [-0.1, -0.05) is 18.2 Å². The van der Waals surface area contributed by atoms with E-state index in [1.54, 1.807) is 6.33 Å². The molecule has 0 fully saturated rings. The van der Waals surface area contributed by atoms with Crippen molar-refractivity contribution in [2.24, 2.45) is 5.73 Å². The minimum Gasteiger partial charge on any atom is -0.507 e. The molecule has 2 heterocycles. The topological polar surface area (TPSA) is 114 Å². The largest absolute Gasteiger partial charge is 0.507 e. The minimum atomic E-state index is -0.0139. The van der Waals surface area contributed by atoms with Crippen LogP contribution >= 0.6 is 0 Å². The van der Waals surface area contributed by atoms with Crippen molar-refractivity contribution in [1.29, 1.82) is 0 Å². The van der Waals surface area contributed by atoms with Crippen LogP contribution in [-0.4, -0.2) is 37.2 Å². The zero-order valence-electron chi connectivity index (χ0n) is 16.2. The van der Waals surface area contributed by atoms with Gasteiger partial charge in [0.1, 0.15) is 5.75 Å². The summed E-state index contributed by atoms with van der Waals surface area (Å²) in [5.41, 5.74) is 8.92. The van der Waals surface area contributed by atoms with E-state index in [0.29, 0.717) is 36.1 Å². The lowest BCUT2D eigenvalue weighted by Crippen LogP contribution is -2.26. The fraction of sp³-hybridized carbons (Fsp3) is 0.421. The molecule has 3 rings (SSSR count). The molecule has 0 aliphatic rings. The number of nitrogens with two attached hydrogens (primary N) is 1. The van der Waals surface area contributed by atoms with Gasteiger partial charge in [0.05, 0.1) is 6.33 Å². The van der Waals surface area contributed by atoms with Gasteiger partial charge < -0.3 is 26.0 Å². The molecule has 1 aromatic carbocycles. The average molecular weight is 369 g/mol. The van der Waals surface area contributed by atoms with Crippen molar-refractivity contribution in [2.75, 3.05) is 17.2 Å². The minimum absolute atomic E-state index is 0.0139. The van der Waals surface area contributed by atoms with Gasteiger partial charge in [0.2, 0.25) is 5.95 Å². The highest BCUT2D eigenvalue weighted by Crippen LogP contribution is 2.26. The first kappa shape index (κ1) is 18.9. The van der Waals surface area contributed by atoms with Gasteiger partial charge >= 0.3 is 0 Å². The number of rotatable bonds is 7. The highest BCUT2D eigenvalue weighted by atomic mass is 16.3. The molecule has 0 saturated carbocycles. The lowest BCUT2D eigenvalue weighted by Gasteiger charge is -2.13. The average Bonchev–Trinajstić information content (AvgIpc) is 3.05. The van der Waals surface area contributed by atoms with Crippen LogP contribution in [0.2, 0.25) is 0 Å². The fourth-order valence-corrected chi connectivity index (χ4v) is 2.79. The van der Waals surface area contributed by atoms with Crippen LogP contribution in [0.5, 0.6) is 5.75 Å². The number of imidazole rings is 1. The third kappa shape index (κ3) is 4.11. The third-order valence-electron chi connectivity index (χ3n) is 4.33. The Balaban J connectivity index is 1.95. The maximum atomic E-state index is 10.2. The van der Waals surface area contributed by atoms with Crippen LogP contribution in [0.4, 0.5) is 11.8 Å². The van der Waals surface area contributed by atoms with Crippen molar-refractivity contribution < 1.29 is 5.11 Å². The number of hydrogen-bond donors (Lipinski definition) is 4. The van der Waals surface area contributed by atoms with Gasteiger partial charge in [0.15, 0.2) is 17.0 Å². The van der Waals surface area contributed by atoms with Crippen molar-refractivity contribution in [3.63, 3.8) is 0 Å². The molecular weight excluding hydrogens is 342 g/mol. The molecule has 0 saturated heterocycles. The molecule has 0 bridgehead atoms. The van der Waals surface area contributed by atoms with Crippen molar-refractivity contribution in [3.8, 4) is 5.75 Å². The van der Waals surface area contributed by atoms with Gasteiger partial charge in [-0.3, -0.25) is 0 Å². The Bertz CT molecular complexity index is 933. The smallest absolute Gasteiger partial charge is 0.226 e. The predicted octanol–water partition coefficient (Wildman–Crippen LogP) is 2.79. The number of benzene rings is 1. The van der Waals surface area contributed by atoms with Crippen molar-refractivity contribution in [3.05, 3.63) is 35.7 Å². The Morgan fingerprint density at radius 1 is 1.19 bits per heavy atom. The lowest BCUT2D eigenvalue weighted by molar-refractivity contribution is 0.465. The number of aryl methyl sites for hydroxylation is 1. The molecule has 27 heavy (non-hydrogen) atoms. The van der Waals surface area contributed by atoms with Crippen molar-refractivity contribution in [1.82, 2.24) is 19.5 Å². The summed E-state index contributed by atoms with van der Waals surface area (Å²) in [5.74, 6) is 1.41. The Kier molecular flexibility index (Phi) is 5.46. The van der Waals surface area contributed by atoms with Gasteiger partial charge in [0.25, 0.3) is 0 Å². The van der Waals surface area contributed by atoms with Crippen LogP contribution in [-0.2, 0) is 6.54 Å². The zero-order chi connectivity index (χ0) is 19.6. The summed E-state index contributed by atoms with van der Waals surface area (Å²) < 4.78 is 2.00. The second-order valence-electron chi connectivity index (χ2n) is 7.11. The van der Waals surface area contributed by atoms with Crippen LogP contribution < -0.4 is 16.4 Å². The highest BCUT2D eigenvalue weighted by molar-refractivity contribution is 5.84. The van der Waals surface area contributed by atoms with Gasteiger partial charge in [-0.05, 0) is 33.3 Å². The third-order valence-corrected chi connectivity index (χ3v) is 4.33. The molecule has 0 amide bonds. The van der Waals surface area contributed by atoms with E-state index in [1.165, 1.54) is 0 Å². The lowest BCUT2D eigenvalue weighted by atomic mass is 10.1. The number of para-hydroxylation sites is 1. The summed E-state index contributed by atoms with van der Waals surface area (Å²) in [7, 11) is 0. The van der Waals surface area contributed by atoms with Crippen LogP contribution in [0.15, 0.2) is 24.5 Å². The van der Waals surface area contributed by atoms with Gasteiger partial charge in [-0.25, -0.2) is 4.98 Å². The Morgan fingerprint density at radius 3 is 2.67 bits per heavy atom. The summed E-state index contributed by atoms with van der Waals surface area (Å²) in [4.78, 5) is 13.7. The molecule has 5 N–H and O–H groups in total. The highest BCUT2D eigenvalue weighted by Gasteiger charge is 2.15. The molecule has 8 nitrogen and oxygen atoms in total. The van der Waals surface area contributed by atoms with Gasteiger partial charge in [0, 0.05) is 30.7 Å². The van der Waals surface area contributed by atoms with E-state index in [2.05, 4.69) is 39.4 Å². The molecule has 3 aromatic rings. The molecule has 8 heteroatoms. The van der Waals surface area contributed by atoms with Crippen LogP contribution in [0.1, 0.15) is 37.9 Å². The normalized spacial score (nSPS) is 12.5. The Morgan fingerprint density at radius 2 is 1.96 bits per heavy atom. The van der Waals surface area contributed by atoms with Gasteiger partial charge in [-0.15, -0.1) is 0 Å². The number of nitrogens with zero attached hydrogens (tertiary/aromatic N) is 4. The number of anilines is 2. The number of hydrogen-bond acceptors (Lipinski definition) is 7. The quantitative estimate of drug-likeness (QED) is 0.506. The standard InChI is InChI=1S/C19H27N7O/c1-11(2)26-10-23-15-17(21-9-14-7-5-6-12(3)16(14)27)24-19(25-18(15)26)22-8-13(4)20/h5-7,10-11,13,27H,8-9,20H2,1-4H3,(H2,21,22,24,25). The molecule has 0 spiro atoms. The summed E-state index contributed by atoms with van der Waals surface area (Å²) in [5, 5.41) is 16.7. The first-order chi connectivity index (χ1) is 12.9. The SMILES string of the molecule is Cc1cccc(CNc2nc(NCC(C)N)nc3c2ncn3C(C)C)c1O. The maximum Gasteiger partial charge on any atom is 0.226 e. The maximum absolute atomic E-state index is 10.2. The molecule has 1 unspecified atom stereocenters. The predicted molar refractivity (Wildman–Crippen MR) is 108 cm³/mol. The number of fused-ring (bicyclic) bond motifs is 1. The number of phenols is 1. The summed E-state index contributed by atoms with van der Waals surface area (Å²) in [6, 6.07) is 5.89. The summed E-state index contributed by atoms with van der Waals surface area (Å²) in [6.45, 7) is 8.96. The van der Waals surface area contributed by atoms with E-state index in [4.69, 9.17) is 5.73 Å². The molecule has 0 radical (unpaired) electrons. The van der Waals surface area contributed by atoms with Crippen molar-refractivity contribution in [2.45, 2.75) is 46.3 Å². The van der Waals surface area contributed by atoms with E-state index in [9.17, 15) is 5.11 Å². The Labute approximate surface area is 158 Å². The van der Waals surface area contributed by atoms with Crippen LogP contribution in [0.3, 0.4) is 0 Å². The number of aromatic nitrogens is 4. The van der Waals surface area contributed by atoms with Gasteiger partial charge in [-0.2, -0.15) is 9.97 Å².